The van der Waals surface area contributed by atoms with Crippen LogP contribution in [0.2, 0.25) is 0 Å². The fourth-order valence-electron chi connectivity index (χ4n) is 4.19. The first-order valence-corrected chi connectivity index (χ1v) is 12.5. The Morgan fingerprint density at radius 1 is 1.03 bits per heavy atom. The standard InChI is InChI=1S/C29H37NO6/c1-6-35-24-18-22(12-13-23(24)36-17-14-19(2)3)26-25(27(31)21-10-8-20(4)9-11-21)28(32)29(33)30(26)15-7-16-34-5/h8-13,18-19,26,31H,6-7,14-17H2,1-5H3/b27-25+. The number of benzene rings is 2. The summed E-state index contributed by atoms with van der Waals surface area (Å²) >= 11 is 0. The van der Waals surface area contributed by atoms with Crippen LogP contribution in [0.1, 0.15) is 56.3 Å². The first-order valence-electron chi connectivity index (χ1n) is 12.5. The highest BCUT2D eigenvalue weighted by atomic mass is 16.5. The molecule has 0 aliphatic carbocycles. The number of ether oxygens (including phenoxy) is 3. The summed E-state index contributed by atoms with van der Waals surface area (Å²) in [5.74, 6) is 0.120. The molecule has 1 aliphatic heterocycles. The van der Waals surface area contributed by atoms with E-state index in [-0.39, 0.29) is 11.3 Å². The second kappa shape index (κ2) is 12.6. The molecule has 2 aromatic carbocycles. The number of hydrogen-bond donors (Lipinski definition) is 1. The maximum atomic E-state index is 13.2. The van der Waals surface area contributed by atoms with Crippen molar-refractivity contribution in [1.29, 1.82) is 0 Å². The van der Waals surface area contributed by atoms with Gasteiger partial charge < -0.3 is 24.2 Å². The van der Waals surface area contributed by atoms with Crippen LogP contribution < -0.4 is 9.47 Å². The molecule has 0 saturated carbocycles. The van der Waals surface area contributed by atoms with Gasteiger partial charge >= 0.3 is 0 Å². The maximum Gasteiger partial charge on any atom is 0.295 e. The van der Waals surface area contributed by atoms with Gasteiger partial charge in [0.1, 0.15) is 5.76 Å². The Morgan fingerprint density at radius 3 is 2.39 bits per heavy atom. The van der Waals surface area contributed by atoms with Gasteiger partial charge in [0.15, 0.2) is 11.5 Å². The van der Waals surface area contributed by atoms with E-state index in [1.807, 2.05) is 38.1 Å². The summed E-state index contributed by atoms with van der Waals surface area (Å²) in [5, 5.41) is 11.2. The van der Waals surface area contributed by atoms with Crippen LogP contribution in [-0.4, -0.2) is 55.2 Å². The number of hydrogen-bond acceptors (Lipinski definition) is 6. The third-order valence-electron chi connectivity index (χ3n) is 6.15. The number of carbonyl (C=O) groups excluding carboxylic acids is 2. The van der Waals surface area contributed by atoms with Crippen LogP contribution >= 0.6 is 0 Å². The highest BCUT2D eigenvalue weighted by Crippen LogP contribution is 2.42. The summed E-state index contributed by atoms with van der Waals surface area (Å²) in [7, 11) is 1.59. The molecule has 7 heteroatoms. The molecule has 1 unspecified atom stereocenters. The fourth-order valence-corrected chi connectivity index (χ4v) is 4.19. The lowest BCUT2D eigenvalue weighted by atomic mass is 9.94. The van der Waals surface area contributed by atoms with Crippen molar-refractivity contribution in [2.75, 3.05) is 33.5 Å². The van der Waals surface area contributed by atoms with Crippen LogP contribution in [0.4, 0.5) is 0 Å². The lowest BCUT2D eigenvalue weighted by Gasteiger charge is -2.26. The first kappa shape index (κ1) is 27.3. The number of amides is 1. The van der Waals surface area contributed by atoms with Crippen LogP contribution in [0.3, 0.4) is 0 Å². The zero-order valence-electron chi connectivity index (χ0n) is 21.9. The van der Waals surface area contributed by atoms with Crippen molar-refractivity contribution >= 4 is 17.4 Å². The summed E-state index contributed by atoms with van der Waals surface area (Å²) in [6, 6.07) is 11.9. The normalized spacial score (nSPS) is 17.2. The van der Waals surface area contributed by atoms with E-state index in [4.69, 9.17) is 14.2 Å². The largest absolute Gasteiger partial charge is 0.507 e. The van der Waals surface area contributed by atoms with E-state index < -0.39 is 17.7 Å². The average molecular weight is 496 g/mol. The van der Waals surface area contributed by atoms with Crippen molar-refractivity contribution in [3.63, 3.8) is 0 Å². The Kier molecular flexibility index (Phi) is 9.53. The van der Waals surface area contributed by atoms with Crippen molar-refractivity contribution < 1.29 is 28.9 Å². The number of aliphatic hydroxyl groups excluding tert-OH is 1. The second-order valence-corrected chi connectivity index (χ2v) is 9.38. The molecule has 194 valence electrons. The van der Waals surface area contributed by atoms with Crippen molar-refractivity contribution in [3.8, 4) is 11.5 Å². The molecule has 0 spiro atoms. The highest BCUT2D eigenvalue weighted by molar-refractivity contribution is 6.46. The van der Waals surface area contributed by atoms with E-state index in [9.17, 15) is 14.7 Å². The van der Waals surface area contributed by atoms with Gasteiger partial charge in [0.2, 0.25) is 0 Å². The Labute approximate surface area is 213 Å². The molecule has 0 radical (unpaired) electrons. The van der Waals surface area contributed by atoms with Crippen molar-refractivity contribution in [1.82, 2.24) is 4.90 Å². The van der Waals surface area contributed by atoms with Crippen LogP contribution in [0.25, 0.3) is 5.76 Å². The molecule has 1 fully saturated rings. The first-order chi connectivity index (χ1) is 17.3. The summed E-state index contributed by atoms with van der Waals surface area (Å²) in [4.78, 5) is 27.8. The van der Waals surface area contributed by atoms with Gasteiger partial charge in [-0.05, 0) is 50.3 Å². The zero-order chi connectivity index (χ0) is 26.2. The van der Waals surface area contributed by atoms with Gasteiger partial charge in [0.05, 0.1) is 24.8 Å². The van der Waals surface area contributed by atoms with E-state index in [1.165, 1.54) is 4.90 Å². The number of aryl methyl sites for hydroxylation is 1. The molecule has 1 heterocycles. The minimum Gasteiger partial charge on any atom is -0.507 e. The van der Waals surface area contributed by atoms with E-state index in [0.29, 0.717) is 61.3 Å². The van der Waals surface area contributed by atoms with Crippen LogP contribution in [0.15, 0.2) is 48.0 Å². The monoisotopic (exact) mass is 495 g/mol. The van der Waals surface area contributed by atoms with Gasteiger partial charge in [0.25, 0.3) is 11.7 Å². The second-order valence-electron chi connectivity index (χ2n) is 9.38. The highest BCUT2D eigenvalue weighted by Gasteiger charge is 2.46. The molecule has 1 aliphatic rings. The number of likely N-dealkylation sites (tertiary alicyclic amines) is 1. The molecular weight excluding hydrogens is 458 g/mol. The quantitative estimate of drug-likeness (QED) is 0.187. The molecule has 1 amide bonds. The number of methoxy groups -OCH3 is 1. The number of aliphatic hydroxyl groups is 1. The Balaban J connectivity index is 2.08. The molecule has 0 aromatic heterocycles. The molecule has 36 heavy (non-hydrogen) atoms. The van der Waals surface area contributed by atoms with Crippen LogP contribution in [0.5, 0.6) is 11.5 Å². The molecule has 1 N–H and O–H groups in total. The van der Waals surface area contributed by atoms with Crippen LogP contribution in [0, 0.1) is 12.8 Å². The summed E-state index contributed by atoms with van der Waals surface area (Å²) in [6.07, 6.45) is 1.46. The minimum atomic E-state index is -0.757. The van der Waals surface area contributed by atoms with E-state index >= 15 is 0 Å². The average Bonchev–Trinajstić information content (AvgIpc) is 3.10. The summed E-state index contributed by atoms with van der Waals surface area (Å²) < 4.78 is 17.0. The number of carbonyl (C=O) groups is 2. The van der Waals surface area contributed by atoms with Crippen molar-refractivity contribution in [2.45, 2.75) is 46.6 Å². The van der Waals surface area contributed by atoms with Gasteiger partial charge in [-0.1, -0.05) is 49.7 Å². The summed E-state index contributed by atoms with van der Waals surface area (Å²) in [6.45, 7) is 9.84. The van der Waals surface area contributed by atoms with Gasteiger partial charge in [0, 0.05) is 25.8 Å². The summed E-state index contributed by atoms with van der Waals surface area (Å²) in [5.41, 5.74) is 2.24. The SMILES string of the molecule is CCOc1cc(C2/C(=C(\O)c3ccc(C)cc3)C(=O)C(=O)N2CCCOC)ccc1OCCC(C)C. The molecule has 1 saturated heterocycles. The third kappa shape index (κ3) is 6.26. The van der Waals surface area contributed by atoms with E-state index in [1.54, 1.807) is 25.3 Å². The predicted molar refractivity (Wildman–Crippen MR) is 139 cm³/mol. The maximum absolute atomic E-state index is 13.2. The number of ketones is 1. The minimum absolute atomic E-state index is 0.0668. The van der Waals surface area contributed by atoms with Gasteiger partial charge in [-0.2, -0.15) is 0 Å². The Bertz CT molecular complexity index is 1090. The Hall–Kier alpha value is -3.32. The number of nitrogens with zero attached hydrogens (tertiary/aromatic N) is 1. The zero-order valence-corrected chi connectivity index (χ0v) is 21.9. The topological polar surface area (TPSA) is 85.3 Å². The van der Waals surface area contributed by atoms with Crippen LogP contribution in [-0.2, 0) is 14.3 Å². The van der Waals surface area contributed by atoms with E-state index in [2.05, 4.69) is 13.8 Å². The fraction of sp³-hybridized carbons (Fsp3) is 0.448. The van der Waals surface area contributed by atoms with Crippen molar-refractivity contribution in [2.24, 2.45) is 5.92 Å². The smallest absolute Gasteiger partial charge is 0.295 e. The van der Waals surface area contributed by atoms with Gasteiger partial charge in [-0.3, -0.25) is 9.59 Å². The molecule has 3 rings (SSSR count). The Morgan fingerprint density at radius 2 is 1.75 bits per heavy atom. The number of rotatable bonds is 12. The van der Waals surface area contributed by atoms with E-state index in [0.717, 1.165) is 12.0 Å². The molecular formula is C29H37NO6. The van der Waals surface area contributed by atoms with Crippen molar-refractivity contribution in [3.05, 3.63) is 64.7 Å². The molecule has 7 nitrogen and oxygen atoms in total. The lowest BCUT2D eigenvalue weighted by Crippen LogP contribution is -2.31. The van der Waals surface area contributed by atoms with Gasteiger partial charge in [-0.15, -0.1) is 0 Å². The van der Waals surface area contributed by atoms with Gasteiger partial charge in [-0.25, -0.2) is 0 Å². The lowest BCUT2D eigenvalue weighted by molar-refractivity contribution is -0.140. The molecule has 1 atom stereocenters. The molecule has 0 bridgehead atoms. The number of Topliss-reactive ketones (excluding diaryl/α,β-unsaturated/α-hetero) is 1. The molecule has 2 aromatic rings. The third-order valence-corrected chi connectivity index (χ3v) is 6.15. The predicted octanol–water partition coefficient (Wildman–Crippen LogP) is 5.28.